The molecule has 10 aliphatic heterocycles. The van der Waals surface area contributed by atoms with Crippen molar-refractivity contribution < 1.29 is 61.8 Å². The van der Waals surface area contributed by atoms with Gasteiger partial charge in [-0.2, -0.15) is 0 Å². The Hall–Kier alpha value is -7.89. The molecule has 0 unspecified atom stereocenters. The number of amides is 10. The van der Waals surface area contributed by atoms with Crippen molar-refractivity contribution in [3.63, 3.8) is 0 Å². The number of methoxy groups -OCH3 is 2. The molecule has 0 saturated carbocycles. The Labute approximate surface area is 815 Å². The summed E-state index contributed by atoms with van der Waals surface area (Å²) in [6, 6.07) is 0. The first kappa shape index (κ1) is 124. The predicted octanol–water partition coefficient (Wildman–Crippen LogP) is 19.6. The molecule has 0 N–H and O–H groups in total. The number of likely N-dealkylation sites (tertiary alicyclic amines) is 10. The van der Waals surface area contributed by atoms with Crippen LogP contribution in [0.3, 0.4) is 0 Å². The van der Waals surface area contributed by atoms with Gasteiger partial charge in [-0.15, -0.1) is 19.4 Å². The number of halogens is 1. The van der Waals surface area contributed by atoms with Gasteiger partial charge in [0.2, 0.25) is 59.1 Å². The van der Waals surface area contributed by atoms with Gasteiger partial charge in [0.25, 0.3) is 0 Å². The molecule has 10 heterocycles. The van der Waals surface area contributed by atoms with Crippen LogP contribution in [0.4, 0.5) is 4.39 Å². The molecule has 0 bridgehead atoms. The number of nitrogens with zero attached hydrogens (tertiary/aromatic N) is 10. The molecule has 0 atom stereocenters. The number of carbonyl (C=O) groups is 10. The normalized spacial score (nSPS) is 18.3. The van der Waals surface area contributed by atoms with Gasteiger partial charge in [0, 0.05) is 239 Å². The van der Waals surface area contributed by atoms with Crippen LogP contribution in [0.15, 0.2) is 73.2 Å². The maximum Gasteiger partial charge on any atom is 0.223 e. The number of ether oxygens (including phenoxy) is 2. The first-order valence-electron chi connectivity index (χ1n) is 49.2. The van der Waals surface area contributed by atoms with E-state index >= 15 is 0 Å². The Bertz CT molecular complexity index is 3780. The van der Waals surface area contributed by atoms with Gasteiger partial charge < -0.3 is 58.5 Å². The predicted molar refractivity (Wildman–Crippen MR) is 549 cm³/mol. The van der Waals surface area contributed by atoms with Gasteiger partial charge in [0.1, 0.15) is 0 Å². The molecule has 0 aliphatic carbocycles. The molecule has 0 spiro atoms. The van der Waals surface area contributed by atoms with Crippen molar-refractivity contribution >= 4 is 59.1 Å². The SMILES string of the molecule is C#CC1CN(C(=O)CC(C)(C)C)C1.C#CC1CN(C(=O)CC(C)(C)C)C1.C/C(F)=C/C1CN(C(=O)CC(C)(C)C)C1.C/C=C\C1CN(C(=O)CC(C)(C)C)C1.C/C=C\C1CN(C(=O)CC(C)(C)C)C1.C=C(C)C1CN(C(=O)CC(C)(C)C)C1.C=C1CN(C(=O)CC(C)(C)C)C1.C=CC1CN(C(=O)CC(C)(C)C)C1.COC1CN(C(=O)CC(C)(C)C)C1.COC1CN(C(=O)CC(C)(C)C)C1. The van der Waals surface area contributed by atoms with E-state index in [2.05, 4.69) is 243 Å². The van der Waals surface area contributed by atoms with Gasteiger partial charge in [0.05, 0.1) is 29.9 Å². The minimum atomic E-state index is -0.150. The third kappa shape index (κ3) is 54.3. The van der Waals surface area contributed by atoms with Crippen molar-refractivity contribution in [2.45, 2.75) is 312 Å². The van der Waals surface area contributed by atoms with E-state index in [-0.39, 0.29) is 125 Å². The second-order valence-electron chi connectivity index (χ2n) is 51.1. The molecule has 22 nitrogen and oxygen atoms in total. The average Bonchev–Trinajstić information content (AvgIpc) is 0.813. The fourth-order valence-corrected chi connectivity index (χ4v) is 14.7. The molecule has 764 valence electrons. The standard InChI is InChI=1S/C12H20FNO.3C12H21NO.C11H19NO.2C11H17NO.2C10H19NO2.C10H17NO/c1-9(13)5-10-7-14(8-10)11(15)6-12(2,3)4;1-9(2)10-7-13(8-10)11(14)6-12(3,4)5;2*1-5-6-10-8-13(9-10)11(14)7-12(2,3)4;3*1-5-9-7-12(8-9)10(13)6-11(2,3)4;2*1-10(2,3)5-9(12)11-6-8(7-11)13-4;1-8-6-11(7-8)9(12)5-10(2,3)4/h5,10H,6-8H2,1-4H3;10H,1,6-8H2,2-5H3;2*5-6,10H,7-9H2,1-4H3;5,9H,1,6-8H2,2-4H3;2*1,9H,6-8H2,2-4H3;2*8H,5-7H2,1-4H3;1,5-7H2,2-4H3/b9-5-;;2*6-5-;;;;;;. The molecule has 0 aromatic carbocycles. The van der Waals surface area contributed by atoms with Crippen molar-refractivity contribution in [2.75, 3.05) is 145 Å². The second-order valence-corrected chi connectivity index (χ2v) is 51.1. The van der Waals surface area contributed by atoms with Gasteiger partial charge in [-0.25, -0.2) is 4.39 Å². The molecule has 10 amide bonds. The summed E-state index contributed by atoms with van der Waals surface area (Å²) in [5.74, 6) is 10.8. The summed E-state index contributed by atoms with van der Waals surface area (Å²) in [6.45, 7) is 97.6. The fourth-order valence-electron chi connectivity index (χ4n) is 14.7. The second kappa shape index (κ2) is 54.5. The molecular formula is C111H191FN10O12. The third-order valence-electron chi connectivity index (χ3n) is 22.7. The maximum atomic E-state index is 12.5. The van der Waals surface area contributed by atoms with Gasteiger partial charge in [-0.1, -0.05) is 269 Å². The molecule has 10 aliphatic rings. The highest BCUT2D eigenvalue weighted by atomic mass is 19.1. The molecule has 0 aromatic rings. The number of hydrogen-bond donors (Lipinski definition) is 0. The average molecular weight is 1880 g/mol. The first-order chi connectivity index (χ1) is 60.9. The number of allylic oxidation sites excluding steroid dienone is 3. The van der Waals surface area contributed by atoms with E-state index < -0.39 is 0 Å². The topological polar surface area (TPSA) is 222 Å². The van der Waals surface area contributed by atoms with E-state index in [1.54, 1.807) is 25.2 Å². The van der Waals surface area contributed by atoms with E-state index in [9.17, 15) is 52.3 Å². The molecule has 10 rings (SSSR count). The van der Waals surface area contributed by atoms with E-state index in [1.807, 2.05) is 91.7 Å². The van der Waals surface area contributed by atoms with Crippen LogP contribution in [0.5, 0.6) is 0 Å². The van der Waals surface area contributed by atoms with Crippen LogP contribution in [-0.2, 0) is 57.4 Å². The minimum absolute atomic E-state index is 0.0357. The van der Waals surface area contributed by atoms with Crippen LogP contribution >= 0.6 is 0 Å². The highest BCUT2D eigenvalue weighted by molar-refractivity contribution is 5.82. The summed E-state index contributed by atoms with van der Waals surface area (Å²) in [6.07, 6.45) is 29.3. The van der Waals surface area contributed by atoms with Crippen LogP contribution in [0.2, 0.25) is 0 Å². The van der Waals surface area contributed by atoms with Crippen molar-refractivity contribution in [3.05, 3.63) is 73.2 Å². The Kier molecular flexibility index (Phi) is 50.4. The summed E-state index contributed by atoms with van der Waals surface area (Å²) in [5, 5.41) is 0. The largest absolute Gasteiger partial charge is 0.378 e. The third-order valence-corrected chi connectivity index (χ3v) is 22.7. The Morgan fingerprint density at radius 3 is 0.687 bits per heavy atom. The van der Waals surface area contributed by atoms with Gasteiger partial charge >= 0.3 is 0 Å². The van der Waals surface area contributed by atoms with E-state index in [0.29, 0.717) is 125 Å². The van der Waals surface area contributed by atoms with Crippen molar-refractivity contribution in [1.29, 1.82) is 0 Å². The lowest BCUT2D eigenvalue weighted by atomic mass is 9.88. The Balaban J connectivity index is 0.000000745. The van der Waals surface area contributed by atoms with Crippen LogP contribution in [0.25, 0.3) is 0 Å². The lowest BCUT2D eigenvalue weighted by Gasteiger charge is -2.40. The summed E-state index contributed by atoms with van der Waals surface area (Å²) >= 11 is 0. The summed E-state index contributed by atoms with van der Waals surface area (Å²) in [7, 11) is 3.38. The Morgan fingerprint density at radius 1 is 0.328 bits per heavy atom. The summed E-state index contributed by atoms with van der Waals surface area (Å²) in [4.78, 5) is 135. The quantitative estimate of drug-likeness (QED) is 0.0980. The van der Waals surface area contributed by atoms with Gasteiger partial charge in [-0.3, -0.25) is 47.9 Å². The molecule has 0 radical (unpaired) electrons. The number of terminal acetylenes is 2. The molecule has 0 aromatic heterocycles. The zero-order valence-electron chi connectivity index (χ0n) is 91.4. The van der Waals surface area contributed by atoms with E-state index in [0.717, 1.165) is 123 Å². The zero-order valence-corrected chi connectivity index (χ0v) is 91.4. The van der Waals surface area contributed by atoms with Crippen LogP contribution in [0.1, 0.15) is 300 Å². The van der Waals surface area contributed by atoms with Crippen LogP contribution in [-0.4, -0.2) is 265 Å². The lowest BCUT2D eigenvalue weighted by molar-refractivity contribution is -0.145. The monoisotopic (exact) mass is 1880 g/mol. The Morgan fingerprint density at radius 2 is 0.515 bits per heavy atom. The van der Waals surface area contributed by atoms with Crippen molar-refractivity contribution in [3.8, 4) is 24.7 Å². The molecule has 134 heavy (non-hydrogen) atoms. The van der Waals surface area contributed by atoms with E-state index in [1.165, 1.54) is 12.5 Å². The zero-order chi connectivity index (χ0) is 104. The highest BCUT2D eigenvalue weighted by Crippen LogP contribution is 2.34. The minimum Gasteiger partial charge on any atom is -0.378 e. The van der Waals surface area contributed by atoms with Crippen molar-refractivity contribution in [1.82, 2.24) is 49.0 Å². The highest BCUT2D eigenvalue weighted by Gasteiger charge is 2.40. The molecule has 23 heteroatoms. The summed E-state index contributed by atoms with van der Waals surface area (Å²) in [5.41, 5.74) is 3.29. The number of hydrogen-bond acceptors (Lipinski definition) is 12. The molecule has 10 fully saturated rings. The van der Waals surface area contributed by atoms with Crippen LogP contribution < -0.4 is 0 Å². The first-order valence-corrected chi connectivity index (χ1v) is 49.2. The van der Waals surface area contributed by atoms with Crippen molar-refractivity contribution in [2.24, 2.45) is 95.6 Å². The smallest absolute Gasteiger partial charge is 0.223 e. The molecule has 10 saturated heterocycles. The van der Waals surface area contributed by atoms with Gasteiger partial charge in [0.15, 0.2) is 0 Å². The maximum absolute atomic E-state index is 12.5. The van der Waals surface area contributed by atoms with Gasteiger partial charge in [-0.05, 0) is 93.5 Å². The molecular weight excluding hydrogens is 1680 g/mol. The van der Waals surface area contributed by atoms with E-state index in [4.69, 9.17) is 22.3 Å². The van der Waals surface area contributed by atoms with Crippen LogP contribution in [0, 0.1) is 120 Å². The fraction of sp³-hybridized carbons (Fsp3) is 0.766. The summed E-state index contributed by atoms with van der Waals surface area (Å²) < 4.78 is 22.7. The lowest BCUT2D eigenvalue weighted by Crippen LogP contribution is -2.54. The number of rotatable bonds is 17. The number of carbonyl (C=O) groups excluding carboxylic acids is 10.